The Balaban J connectivity index is 2.81. The van der Waals surface area contributed by atoms with Gasteiger partial charge in [0.1, 0.15) is 5.60 Å². The van der Waals surface area contributed by atoms with Crippen molar-refractivity contribution in [2.45, 2.75) is 45.4 Å². The number of carboxylic acid groups (broad SMARTS) is 1. The maximum Gasteiger partial charge on any atom is 0.410 e. The van der Waals surface area contributed by atoms with E-state index in [1.807, 2.05) is 0 Å². The van der Waals surface area contributed by atoms with E-state index in [4.69, 9.17) is 9.84 Å². The van der Waals surface area contributed by atoms with Crippen molar-refractivity contribution in [2.75, 3.05) is 13.1 Å². The van der Waals surface area contributed by atoms with E-state index in [-0.39, 0.29) is 13.0 Å². The van der Waals surface area contributed by atoms with Crippen LogP contribution in [-0.4, -0.2) is 46.9 Å². The maximum atomic E-state index is 12.5. The van der Waals surface area contributed by atoms with Crippen LogP contribution in [0.5, 0.6) is 0 Å². The SMILES string of the molecule is CC(C)(C)OC(=O)N1CCC(CC(F)(F)F)(C(=O)O)C1. The minimum Gasteiger partial charge on any atom is -0.481 e. The van der Waals surface area contributed by atoms with Crippen LogP contribution in [0.2, 0.25) is 0 Å². The Hall–Kier alpha value is -1.47. The number of aliphatic carboxylic acids is 1. The summed E-state index contributed by atoms with van der Waals surface area (Å²) in [6, 6.07) is 0. The van der Waals surface area contributed by atoms with Gasteiger partial charge >= 0.3 is 18.2 Å². The second kappa shape index (κ2) is 5.14. The van der Waals surface area contributed by atoms with Crippen molar-refractivity contribution in [1.82, 2.24) is 4.90 Å². The summed E-state index contributed by atoms with van der Waals surface area (Å²) in [5, 5.41) is 9.08. The van der Waals surface area contributed by atoms with Crippen molar-refractivity contribution in [2.24, 2.45) is 5.41 Å². The predicted molar refractivity (Wildman–Crippen MR) is 63.2 cm³/mol. The standard InChI is InChI=1S/C12H18F3NO4/c1-10(2,3)20-9(19)16-5-4-11(7-16,8(17)18)6-12(13,14)15/h4-7H2,1-3H3,(H,17,18). The Labute approximate surface area is 114 Å². The van der Waals surface area contributed by atoms with E-state index >= 15 is 0 Å². The third kappa shape index (κ3) is 4.28. The molecule has 8 heteroatoms. The lowest BCUT2D eigenvalue weighted by Gasteiger charge is -2.27. The molecule has 116 valence electrons. The first-order valence-corrected chi connectivity index (χ1v) is 6.13. The van der Waals surface area contributed by atoms with Crippen LogP contribution >= 0.6 is 0 Å². The van der Waals surface area contributed by atoms with E-state index in [0.29, 0.717) is 0 Å². The molecule has 1 N–H and O–H groups in total. The summed E-state index contributed by atoms with van der Waals surface area (Å²) < 4.78 is 42.6. The highest BCUT2D eigenvalue weighted by molar-refractivity contribution is 5.78. The van der Waals surface area contributed by atoms with Crippen LogP contribution in [0.1, 0.15) is 33.6 Å². The number of nitrogens with zero attached hydrogens (tertiary/aromatic N) is 1. The molecule has 1 rings (SSSR count). The van der Waals surface area contributed by atoms with Gasteiger partial charge in [-0.25, -0.2) is 4.79 Å². The number of alkyl halides is 3. The highest BCUT2D eigenvalue weighted by Gasteiger charge is 2.53. The molecule has 1 amide bonds. The second-order valence-corrected chi connectivity index (χ2v) is 6.03. The van der Waals surface area contributed by atoms with E-state index in [0.717, 1.165) is 4.90 Å². The van der Waals surface area contributed by atoms with Gasteiger partial charge in [-0.15, -0.1) is 0 Å². The molecular formula is C12H18F3NO4. The Bertz CT molecular complexity index is 402. The molecule has 0 aliphatic carbocycles. The molecule has 0 radical (unpaired) electrons. The smallest absolute Gasteiger partial charge is 0.410 e. The number of likely N-dealkylation sites (tertiary alicyclic amines) is 1. The van der Waals surface area contributed by atoms with Crippen molar-refractivity contribution in [3.63, 3.8) is 0 Å². The zero-order valence-electron chi connectivity index (χ0n) is 11.6. The molecule has 0 aromatic carbocycles. The molecule has 1 heterocycles. The van der Waals surface area contributed by atoms with Crippen molar-refractivity contribution in [3.8, 4) is 0 Å². The van der Waals surface area contributed by atoms with E-state index in [2.05, 4.69) is 0 Å². The fourth-order valence-corrected chi connectivity index (χ4v) is 2.13. The monoisotopic (exact) mass is 297 g/mol. The Morgan fingerprint density at radius 1 is 1.30 bits per heavy atom. The molecule has 1 saturated heterocycles. The molecule has 1 atom stereocenters. The van der Waals surface area contributed by atoms with Crippen molar-refractivity contribution >= 4 is 12.1 Å². The number of ether oxygens (including phenoxy) is 1. The largest absolute Gasteiger partial charge is 0.481 e. The van der Waals surface area contributed by atoms with Gasteiger partial charge in [0.05, 0.1) is 11.8 Å². The first-order chi connectivity index (χ1) is 8.85. The van der Waals surface area contributed by atoms with Gasteiger partial charge < -0.3 is 14.7 Å². The van der Waals surface area contributed by atoms with Crippen molar-refractivity contribution in [3.05, 3.63) is 0 Å². The molecule has 0 saturated carbocycles. The summed E-state index contributed by atoms with van der Waals surface area (Å²) in [5.41, 5.74) is -2.76. The number of halogens is 3. The van der Waals surface area contributed by atoms with Gasteiger partial charge in [0.15, 0.2) is 0 Å². The maximum absolute atomic E-state index is 12.5. The van der Waals surface area contributed by atoms with E-state index < -0.39 is 42.2 Å². The van der Waals surface area contributed by atoms with Gasteiger partial charge in [-0.3, -0.25) is 4.79 Å². The number of carboxylic acids is 1. The normalized spacial score (nSPS) is 23.8. The quantitative estimate of drug-likeness (QED) is 0.851. The highest BCUT2D eigenvalue weighted by atomic mass is 19.4. The number of carbonyl (C=O) groups excluding carboxylic acids is 1. The van der Waals surface area contributed by atoms with Crippen LogP contribution < -0.4 is 0 Å². The molecule has 1 unspecified atom stereocenters. The molecule has 20 heavy (non-hydrogen) atoms. The average Bonchev–Trinajstić information content (AvgIpc) is 2.57. The third-order valence-electron chi connectivity index (χ3n) is 3.00. The van der Waals surface area contributed by atoms with Crippen LogP contribution in [0, 0.1) is 5.41 Å². The van der Waals surface area contributed by atoms with E-state index in [9.17, 15) is 22.8 Å². The predicted octanol–water partition coefficient (Wildman–Crippen LogP) is 2.65. The molecule has 5 nitrogen and oxygen atoms in total. The van der Waals surface area contributed by atoms with E-state index in [1.165, 1.54) is 0 Å². The molecule has 1 aliphatic heterocycles. The third-order valence-corrected chi connectivity index (χ3v) is 3.00. The molecule has 0 aromatic rings. The summed E-state index contributed by atoms with van der Waals surface area (Å²) in [6.45, 7) is 4.33. The zero-order chi connectivity index (χ0) is 15.8. The first-order valence-electron chi connectivity index (χ1n) is 6.13. The summed E-state index contributed by atoms with van der Waals surface area (Å²) in [5.74, 6) is -1.54. The fourth-order valence-electron chi connectivity index (χ4n) is 2.13. The number of hydrogen-bond acceptors (Lipinski definition) is 3. The van der Waals surface area contributed by atoms with Gasteiger partial charge in [-0.05, 0) is 27.2 Å². The fraction of sp³-hybridized carbons (Fsp3) is 0.833. The van der Waals surface area contributed by atoms with Gasteiger partial charge in [0.2, 0.25) is 0 Å². The van der Waals surface area contributed by atoms with E-state index in [1.54, 1.807) is 20.8 Å². The summed E-state index contributed by atoms with van der Waals surface area (Å²) in [6.07, 6.45) is -7.07. The second-order valence-electron chi connectivity index (χ2n) is 6.03. The zero-order valence-corrected chi connectivity index (χ0v) is 11.6. The van der Waals surface area contributed by atoms with Crippen LogP contribution in [-0.2, 0) is 9.53 Å². The number of rotatable bonds is 2. The first kappa shape index (κ1) is 16.6. The topological polar surface area (TPSA) is 66.8 Å². The summed E-state index contributed by atoms with van der Waals surface area (Å²) in [7, 11) is 0. The van der Waals surface area contributed by atoms with Gasteiger partial charge in [0.25, 0.3) is 0 Å². The Morgan fingerprint density at radius 3 is 2.25 bits per heavy atom. The Kier molecular flexibility index (Phi) is 4.26. The van der Waals surface area contributed by atoms with Crippen LogP contribution in [0.15, 0.2) is 0 Å². The van der Waals surface area contributed by atoms with Crippen molar-refractivity contribution in [1.29, 1.82) is 0 Å². The lowest BCUT2D eigenvalue weighted by molar-refractivity contribution is -0.177. The molecule has 1 fully saturated rings. The Morgan fingerprint density at radius 2 is 1.85 bits per heavy atom. The minimum absolute atomic E-state index is 0.0582. The minimum atomic E-state index is -4.59. The molecule has 1 aliphatic rings. The molecule has 0 bridgehead atoms. The number of hydrogen-bond donors (Lipinski definition) is 1. The molecular weight excluding hydrogens is 279 g/mol. The summed E-state index contributed by atoms with van der Waals surface area (Å²) >= 11 is 0. The van der Waals surface area contributed by atoms with Crippen molar-refractivity contribution < 1.29 is 32.6 Å². The van der Waals surface area contributed by atoms with Gasteiger partial charge in [0, 0.05) is 13.1 Å². The van der Waals surface area contributed by atoms with Gasteiger partial charge in [-0.1, -0.05) is 0 Å². The van der Waals surface area contributed by atoms with Crippen LogP contribution in [0.3, 0.4) is 0 Å². The average molecular weight is 297 g/mol. The lowest BCUT2D eigenvalue weighted by Crippen LogP contribution is -2.41. The molecule has 0 spiro atoms. The summed E-state index contributed by atoms with van der Waals surface area (Å²) in [4.78, 5) is 24.0. The number of carbonyl (C=O) groups is 2. The van der Waals surface area contributed by atoms with Gasteiger partial charge in [-0.2, -0.15) is 13.2 Å². The lowest BCUT2D eigenvalue weighted by atomic mass is 9.83. The van der Waals surface area contributed by atoms with Crippen LogP contribution in [0.4, 0.5) is 18.0 Å². The molecule has 0 aromatic heterocycles. The number of amides is 1. The van der Waals surface area contributed by atoms with Crippen LogP contribution in [0.25, 0.3) is 0 Å². The highest BCUT2D eigenvalue weighted by Crippen LogP contribution is 2.41.